The Balaban J connectivity index is 1.90. The van der Waals surface area contributed by atoms with E-state index in [1.165, 1.54) is 18.4 Å². The Labute approximate surface area is 166 Å². The second kappa shape index (κ2) is 7.92. The van der Waals surface area contributed by atoms with Gasteiger partial charge in [-0.1, -0.05) is 25.0 Å². The summed E-state index contributed by atoms with van der Waals surface area (Å²) >= 11 is 0. The summed E-state index contributed by atoms with van der Waals surface area (Å²) in [6.07, 6.45) is 4.59. The Kier molecular flexibility index (Phi) is 5.36. The Morgan fingerprint density at radius 2 is 1.43 bits per heavy atom. The van der Waals surface area contributed by atoms with Crippen molar-refractivity contribution in [1.82, 2.24) is 0 Å². The lowest BCUT2D eigenvalue weighted by atomic mass is 9.75. The monoisotopic (exact) mass is 384 g/mol. The van der Waals surface area contributed by atoms with E-state index in [2.05, 4.69) is 18.2 Å². The molecule has 1 heterocycles. The van der Waals surface area contributed by atoms with Gasteiger partial charge in [0.2, 0.25) is 0 Å². The Morgan fingerprint density at radius 3 is 2.11 bits per heavy atom. The molecule has 1 saturated carbocycles. The summed E-state index contributed by atoms with van der Waals surface area (Å²) in [6.45, 7) is 0. The Bertz CT molecular complexity index is 847. The zero-order valence-electron chi connectivity index (χ0n) is 17.0. The first-order valence-corrected chi connectivity index (χ1v) is 9.84. The lowest BCUT2D eigenvalue weighted by Crippen LogP contribution is -2.34. The summed E-state index contributed by atoms with van der Waals surface area (Å²) < 4.78 is 29.1. The van der Waals surface area contributed by atoms with Crippen molar-refractivity contribution >= 4 is 0 Å². The van der Waals surface area contributed by atoms with E-state index < -0.39 is 0 Å². The fourth-order valence-electron chi connectivity index (χ4n) is 4.68. The summed E-state index contributed by atoms with van der Waals surface area (Å²) in [5.41, 5.74) is 3.38. The van der Waals surface area contributed by atoms with Crippen LogP contribution in [0.5, 0.6) is 23.0 Å². The first-order valence-electron chi connectivity index (χ1n) is 9.84. The van der Waals surface area contributed by atoms with E-state index in [1.807, 2.05) is 12.1 Å². The smallest absolute Gasteiger partial charge is 0.166 e. The molecule has 0 radical (unpaired) electrons. The summed E-state index contributed by atoms with van der Waals surface area (Å²) in [5.74, 6) is 3.28. The molecule has 5 heteroatoms. The van der Waals surface area contributed by atoms with Gasteiger partial charge in [0.25, 0.3) is 0 Å². The molecule has 150 valence electrons. The molecule has 1 fully saturated rings. The Morgan fingerprint density at radius 1 is 0.750 bits per heavy atom. The lowest BCUT2D eigenvalue weighted by Gasteiger charge is -2.42. The summed E-state index contributed by atoms with van der Waals surface area (Å²) in [6, 6.07) is 10.1. The van der Waals surface area contributed by atoms with E-state index in [0.717, 1.165) is 29.7 Å². The van der Waals surface area contributed by atoms with Crippen LogP contribution in [-0.2, 0) is 4.74 Å². The van der Waals surface area contributed by atoms with Crippen LogP contribution in [0.25, 0.3) is 0 Å². The molecule has 3 atom stereocenters. The van der Waals surface area contributed by atoms with Crippen molar-refractivity contribution in [3.63, 3.8) is 0 Å². The van der Waals surface area contributed by atoms with Gasteiger partial charge < -0.3 is 23.7 Å². The molecule has 28 heavy (non-hydrogen) atoms. The molecular weight excluding hydrogens is 356 g/mol. The number of hydrogen-bond donors (Lipinski definition) is 0. The zero-order valence-corrected chi connectivity index (χ0v) is 17.0. The molecule has 2 aromatic rings. The molecule has 1 aliphatic heterocycles. The molecule has 2 aliphatic rings. The molecule has 5 nitrogen and oxygen atoms in total. The van der Waals surface area contributed by atoms with Crippen molar-refractivity contribution in [3.05, 3.63) is 47.0 Å². The van der Waals surface area contributed by atoms with Crippen molar-refractivity contribution in [2.24, 2.45) is 0 Å². The number of methoxy groups -OCH3 is 4. The first-order chi connectivity index (χ1) is 13.7. The zero-order chi connectivity index (χ0) is 19.7. The number of para-hydroxylation sites is 1. The molecule has 0 bridgehead atoms. The molecule has 0 N–H and O–H groups in total. The summed E-state index contributed by atoms with van der Waals surface area (Å²) in [7, 11) is 6.68. The minimum absolute atomic E-state index is 0.195. The third-order valence-corrected chi connectivity index (χ3v) is 6.00. The van der Waals surface area contributed by atoms with Gasteiger partial charge >= 0.3 is 0 Å². The van der Waals surface area contributed by atoms with Crippen LogP contribution in [0, 0.1) is 0 Å². The van der Waals surface area contributed by atoms with Crippen LogP contribution >= 0.6 is 0 Å². The fraction of sp³-hybridized carbons (Fsp3) is 0.478. The van der Waals surface area contributed by atoms with E-state index >= 15 is 0 Å². The molecule has 0 unspecified atom stereocenters. The van der Waals surface area contributed by atoms with Crippen molar-refractivity contribution in [2.45, 2.75) is 43.8 Å². The van der Waals surface area contributed by atoms with Crippen LogP contribution in [-0.4, -0.2) is 34.5 Å². The van der Waals surface area contributed by atoms with Crippen molar-refractivity contribution in [3.8, 4) is 23.0 Å². The molecular formula is C23H28O5. The molecule has 0 aromatic heterocycles. The number of benzene rings is 2. The predicted octanol–water partition coefficient (Wildman–Crippen LogP) is 4.87. The van der Waals surface area contributed by atoms with Gasteiger partial charge in [0.15, 0.2) is 23.0 Å². The van der Waals surface area contributed by atoms with Gasteiger partial charge in [-0.15, -0.1) is 0 Å². The van der Waals surface area contributed by atoms with Crippen LogP contribution in [0.1, 0.15) is 54.4 Å². The topological polar surface area (TPSA) is 46.2 Å². The summed E-state index contributed by atoms with van der Waals surface area (Å²) in [4.78, 5) is 0. The number of fused-ring (bicyclic) bond motifs is 3. The standard InChI is InChI=1S/C23H28O5/c1-24-19-11-7-9-15(23(19)27-4)22-17-13-21(26-3)20(25-2)12-16(17)14-8-5-6-10-18(14)28-22/h7,9,11-14,18,22H,5-6,8,10H2,1-4H3/t14-,18-,22-/m0/s1. The maximum absolute atomic E-state index is 6.69. The largest absolute Gasteiger partial charge is 0.493 e. The quantitative estimate of drug-likeness (QED) is 0.736. The molecule has 0 spiro atoms. The maximum Gasteiger partial charge on any atom is 0.166 e. The van der Waals surface area contributed by atoms with Gasteiger partial charge in [-0.3, -0.25) is 0 Å². The van der Waals surface area contributed by atoms with Crippen molar-refractivity contribution in [1.29, 1.82) is 0 Å². The number of ether oxygens (including phenoxy) is 5. The third kappa shape index (κ3) is 3.08. The minimum atomic E-state index is -0.237. The highest BCUT2D eigenvalue weighted by Crippen LogP contribution is 2.51. The van der Waals surface area contributed by atoms with Crippen LogP contribution in [0.3, 0.4) is 0 Å². The van der Waals surface area contributed by atoms with Gasteiger partial charge in [-0.25, -0.2) is 0 Å². The number of rotatable bonds is 5. The second-order valence-electron chi connectivity index (χ2n) is 7.36. The average Bonchev–Trinajstić information content (AvgIpc) is 2.76. The highest BCUT2D eigenvalue weighted by atomic mass is 16.5. The van der Waals surface area contributed by atoms with Crippen molar-refractivity contribution < 1.29 is 23.7 Å². The van der Waals surface area contributed by atoms with Crippen LogP contribution in [0.2, 0.25) is 0 Å². The van der Waals surface area contributed by atoms with Gasteiger partial charge in [-0.05, 0) is 42.2 Å². The fourth-order valence-corrected chi connectivity index (χ4v) is 4.68. The van der Waals surface area contributed by atoms with E-state index in [9.17, 15) is 0 Å². The Hall–Kier alpha value is -2.40. The summed E-state index contributed by atoms with van der Waals surface area (Å²) in [5, 5.41) is 0. The van der Waals surface area contributed by atoms with Crippen LogP contribution < -0.4 is 18.9 Å². The maximum atomic E-state index is 6.69. The van der Waals surface area contributed by atoms with E-state index in [1.54, 1.807) is 28.4 Å². The van der Waals surface area contributed by atoms with Crippen LogP contribution in [0.15, 0.2) is 30.3 Å². The van der Waals surface area contributed by atoms with E-state index in [0.29, 0.717) is 23.2 Å². The van der Waals surface area contributed by atoms with Crippen LogP contribution in [0.4, 0.5) is 0 Å². The SMILES string of the molecule is COc1cc2c(cc1OC)[C@@H]1CCCC[C@@H]1O[C@H]2c1cccc(OC)c1OC. The molecule has 0 amide bonds. The van der Waals surface area contributed by atoms with Gasteiger partial charge in [0, 0.05) is 11.5 Å². The second-order valence-corrected chi connectivity index (χ2v) is 7.36. The highest BCUT2D eigenvalue weighted by Gasteiger charge is 2.40. The lowest BCUT2D eigenvalue weighted by molar-refractivity contribution is -0.0399. The van der Waals surface area contributed by atoms with E-state index in [4.69, 9.17) is 23.7 Å². The van der Waals surface area contributed by atoms with Gasteiger partial charge in [0.1, 0.15) is 6.10 Å². The molecule has 0 saturated heterocycles. The predicted molar refractivity (Wildman–Crippen MR) is 107 cm³/mol. The molecule has 2 aromatic carbocycles. The first kappa shape index (κ1) is 18.9. The number of hydrogen-bond acceptors (Lipinski definition) is 5. The van der Waals surface area contributed by atoms with Gasteiger partial charge in [-0.2, -0.15) is 0 Å². The average molecular weight is 384 g/mol. The normalized spacial score (nSPS) is 23.4. The van der Waals surface area contributed by atoms with Crippen molar-refractivity contribution in [2.75, 3.05) is 28.4 Å². The minimum Gasteiger partial charge on any atom is -0.493 e. The third-order valence-electron chi connectivity index (χ3n) is 6.00. The highest BCUT2D eigenvalue weighted by molar-refractivity contribution is 5.56. The van der Waals surface area contributed by atoms with Gasteiger partial charge in [0.05, 0.1) is 34.5 Å². The molecule has 4 rings (SSSR count). The molecule has 1 aliphatic carbocycles. The van der Waals surface area contributed by atoms with E-state index in [-0.39, 0.29) is 12.2 Å².